The number of primary amides is 1. The number of carbonyl (C=O) groups excluding carboxylic acids is 1. The Balaban J connectivity index is 2.14. The molecule has 25 heavy (non-hydrogen) atoms. The Morgan fingerprint density at radius 2 is 2.04 bits per heavy atom. The number of nitrogens with zero attached hydrogens (tertiary/aromatic N) is 3. The van der Waals surface area contributed by atoms with Crippen LogP contribution in [-0.2, 0) is 18.3 Å². The normalized spacial score (nSPS) is 27.2. The van der Waals surface area contributed by atoms with Crippen LogP contribution in [0.3, 0.4) is 0 Å². The number of amides is 1. The highest BCUT2D eigenvalue weighted by atomic mass is 31.2. The molecule has 0 aliphatic carbocycles. The third-order valence-electron chi connectivity index (χ3n) is 3.34. The van der Waals surface area contributed by atoms with Crippen molar-refractivity contribution in [2.24, 2.45) is 5.73 Å². The number of aliphatic hydroxyl groups excluding tert-OH is 2. The standard InChI is InChI=1S/C13H21N4O7P/c1-3-22-25(21,23-4-2)6-5-8-9(18)10(19)13(24-8)17-7-15-12(16-17)11(14)20/h5-10,13,18-19H,3-4H2,1-2H3,(H2,14,20)/b6-5+/t8?,9-,10-,13?/m1/s1. The molecule has 2 unspecified atom stereocenters. The number of aromatic nitrogens is 3. The van der Waals surface area contributed by atoms with E-state index >= 15 is 0 Å². The lowest BCUT2D eigenvalue weighted by Crippen LogP contribution is -2.31. The van der Waals surface area contributed by atoms with Gasteiger partial charge in [0, 0.05) is 5.82 Å². The Kier molecular flexibility index (Phi) is 6.44. The topological polar surface area (TPSA) is 159 Å². The van der Waals surface area contributed by atoms with Crippen molar-refractivity contribution in [2.45, 2.75) is 38.4 Å². The van der Waals surface area contributed by atoms with Crippen LogP contribution in [0, 0.1) is 0 Å². The quantitative estimate of drug-likeness (QED) is 0.521. The van der Waals surface area contributed by atoms with Crippen LogP contribution >= 0.6 is 7.60 Å². The van der Waals surface area contributed by atoms with Crippen LogP contribution in [0.4, 0.5) is 0 Å². The molecule has 0 saturated carbocycles. The average molecular weight is 376 g/mol. The highest BCUT2D eigenvalue weighted by Crippen LogP contribution is 2.50. The van der Waals surface area contributed by atoms with E-state index in [-0.39, 0.29) is 19.0 Å². The summed E-state index contributed by atoms with van der Waals surface area (Å²) >= 11 is 0. The fourth-order valence-electron chi connectivity index (χ4n) is 2.25. The van der Waals surface area contributed by atoms with E-state index in [1.807, 2.05) is 0 Å². The first-order chi connectivity index (χ1) is 11.8. The zero-order valence-corrected chi connectivity index (χ0v) is 14.7. The molecule has 2 rings (SSSR count). The van der Waals surface area contributed by atoms with Crippen molar-refractivity contribution < 1.29 is 33.4 Å². The molecular formula is C13H21N4O7P. The van der Waals surface area contributed by atoms with Gasteiger partial charge in [-0.1, -0.05) is 0 Å². The van der Waals surface area contributed by atoms with Crippen LogP contribution in [0.25, 0.3) is 0 Å². The molecule has 140 valence electrons. The third-order valence-corrected chi connectivity index (χ3v) is 5.11. The lowest BCUT2D eigenvalue weighted by atomic mass is 10.1. The molecule has 1 amide bonds. The van der Waals surface area contributed by atoms with E-state index < -0.39 is 38.0 Å². The monoisotopic (exact) mass is 376 g/mol. The third kappa shape index (κ3) is 4.51. The van der Waals surface area contributed by atoms with Crippen molar-refractivity contribution in [3.8, 4) is 0 Å². The van der Waals surface area contributed by atoms with E-state index in [1.54, 1.807) is 13.8 Å². The van der Waals surface area contributed by atoms with Gasteiger partial charge in [0.05, 0.1) is 13.2 Å². The van der Waals surface area contributed by atoms with Gasteiger partial charge in [-0.15, -0.1) is 5.10 Å². The smallest absolute Gasteiger partial charge is 0.353 e. The fraction of sp³-hybridized carbons (Fsp3) is 0.615. The maximum Gasteiger partial charge on any atom is 0.353 e. The average Bonchev–Trinajstić information content (AvgIpc) is 3.13. The Morgan fingerprint density at radius 3 is 2.56 bits per heavy atom. The number of carbonyl (C=O) groups is 1. The van der Waals surface area contributed by atoms with E-state index in [4.69, 9.17) is 19.5 Å². The molecule has 1 aromatic heterocycles. The van der Waals surface area contributed by atoms with Crippen molar-refractivity contribution in [2.75, 3.05) is 13.2 Å². The van der Waals surface area contributed by atoms with Gasteiger partial charge >= 0.3 is 7.60 Å². The summed E-state index contributed by atoms with van der Waals surface area (Å²) in [4.78, 5) is 14.7. The van der Waals surface area contributed by atoms with Gasteiger partial charge in [-0.2, -0.15) is 0 Å². The summed E-state index contributed by atoms with van der Waals surface area (Å²) in [5, 5.41) is 24.0. The minimum absolute atomic E-state index is 0.176. The lowest BCUT2D eigenvalue weighted by Gasteiger charge is -2.14. The summed E-state index contributed by atoms with van der Waals surface area (Å²) < 4.78 is 29.2. The lowest BCUT2D eigenvalue weighted by molar-refractivity contribution is -0.0346. The predicted octanol–water partition coefficient (Wildman–Crippen LogP) is -0.224. The molecule has 1 aliphatic rings. The molecule has 0 aromatic carbocycles. The van der Waals surface area contributed by atoms with Crippen LogP contribution in [0.1, 0.15) is 30.7 Å². The van der Waals surface area contributed by atoms with E-state index in [9.17, 15) is 19.6 Å². The molecule has 1 saturated heterocycles. The Bertz CT molecular complexity index is 669. The molecule has 1 fully saturated rings. The fourth-order valence-corrected chi connectivity index (χ4v) is 3.59. The minimum atomic E-state index is -3.47. The van der Waals surface area contributed by atoms with E-state index in [0.717, 1.165) is 11.0 Å². The molecule has 1 aliphatic heterocycles. The summed E-state index contributed by atoms with van der Waals surface area (Å²) in [7, 11) is -3.47. The maximum atomic E-state index is 12.4. The van der Waals surface area contributed by atoms with Crippen LogP contribution in [-0.4, -0.2) is 62.4 Å². The summed E-state index contributed by atoms with van der Waals surface area (Å²) in [6.45, 7) is 3.69. The molecule has 11 nitrogen and oxygen atoms in total. The second kappa shape index (κ2) is 8.17. The highest BCUT2D eigenvalue weighted by molar-refractivity contribution is 7.57. The molecule has 0 bridgehead atoms. The first-order valence-electron chi connectivity index (χ1n) is 7.62. The summed E-state index contributed by atoms with van der Waals surface area (Å²) in [6, 6.07) is 0. The molecule has 0 radical (unpaired) electrons. The van der Waals surface area contributed by atoms with Crippen molar-refractivity contribution in [1.29, 1.82) is 0 Å². The number of nitrogens with two attached hydrogens (primary N) is 1. The number of hydrogen-bond donors (Lipinski definition) is 3. The van der Waals surface area contributed by atoms with Crippen LogP contribution in [0.2, 0.25) is 0 Å². The van der Waals surface area contributed by atoms with E-state index in [2.05, 4.69) is 10.1 Å². The van der Waals surface area contributed by atoms with Gasteiger partial charge in [0.2, 0.25) is 5.82 Å². The second-order valence-electron chi connectivity index (χ2n) is 5.10. The number of aliphatic hydroxyl groups is 2. The summed E-state index contributed by atoms with van der Waals surface area (Å²) in [5.41, 5.74) is 5.07. The van der Waals surface area contributed by atoms with Crippen molar-refractivity contribution in [1.82, 2.24) is 14.8 Å². The van der Waals surface area contributed by atoms with Crippen LogP contribution in [0.15, 0.2) is 18.2 Å². The van der Waals surface area contributed by atoms with Gasteiger partial charge < -0.3 is 29.7 Å². The van der Waals surface area contributed by atoms with Crippen molar-refractivity contribution >= 4 is 13.5 Å². The minimum Gasteiger partial charge on any atom is -0.387 e. The summed E-state index contributed by atoms with van der Waals surface area (Å²) in [5.74, 6) is 0.0955. The molecule has 2 heterocycles. The molecule has 4 atom stereocenters. The van der Waals surface area contributed by atoms with Crippen LogP contribution < -0.4 is 5.73 Å². The van der Waals surface area contributed by atoms with Gasteiger partial charge in [-0.3, -0.25) is 9.36 Å². The Labute approximate surface area is 143 Å². The van der Waals surface area contributed by atoms with Crippen LogP contribution in [0.5, 0.6) is 0 Å². The zero-order chi connectivity index (χ0) is 18.6. The van der Waals surface area contributed by atoms with Crippen molar-refractivity contribution in [3.63, 3.8) is 0 Å². The Morgan fingerprint density at radius 1 is 1.40 bits per heavy atom. The first-order valence-corrected chi connectivity index (χ1v) is 9.23. The molecule has 12 heteroatoms. The van der Waals surface area contributed by atoms with Gasteiger partial charge in [-0.25, -0.2) is 9.67 Å². The SMILES string of the molecule is CCOP(=O)(/C=C/C1OC(n2cnc(C(N)=O)n2)[C@H](O)[C@@H]1O)OCC. The first kappa shape index (κ1) is 19.7. The number of ether oxygens (including phenoxy) is 1. The van der Waals surface area contributed by atoms with Gasteiger partial charge in [0.15, 0.2) is 6.23 Å². The Hall–Kier alpha value is -1.62. The van der Waals surface area contributed by atoms with E-state index in [0.29, 0.717) is 0 Å². The number of rotatable bonds is 8. The van der Waals surface area contributed by atoms with Gasteiger partial charge in [0.25, 0.3) is 5.91 Å². The summed E-state index contributed by atoms with van der Waals surface area (Å²) in [6.07, 6.45) is -2.31. The number of hydrogen-bond acceptors (Lipinski definition) is 9. The predicted molar refractivity (Wildman–Crippen MR) is 84.5 cm³/mol. The van der Waals surface area contributed by atoms with E-state index in [1.165, 1.54) is 11.9 Å². The van der Waals surface area contributed by atoms with Gasteiger partial charge in [0.1, 0.15) is 24.6 Å². The zero-order valence-electron chi connectivity index (χ0n) is 13.8. The van der Waals surface area contributed by atoms with Crippen molar-refractivity contribution in [3.05, 3.63) is 24.0 Å². The highest BCUT2D eigenvalue weighted by Gasteiger charge is 2.43. The van der Waals surface area contributed by atoms with Gasteiger partial charge in [-0.05, 0) is 19.9 Å². The molecule has 0 spiro atoms. The molecule has 4 N–H and O–H groups in total. The largest absolute Gasteiger partial charge is 0.387 e. The molecule has 1 aromatic rings. The maximum absolute atomic E-state index is 12.4. The molecular weight excluding hydrogens is 355 g/mol. The second-order valence-corrected chi connectivity index (χ2v) is 7.00.